The Morgan fingerprint density at radius 2 is 1.76 bits per heavy atom. The Balaban J connectivity index is 2.10. The summed E-state index contributed by atoms with van der Waals surface area (Å²) in [5.41, 5.74) is 0. The van der Waals surface area contributed by atoms with Crippen LogP contribution in [0.1, 0.15) is 46.0 Å². The second kappa shape index (κ2) is 4.67. The van der Waals surface area contributed by atoms with Crippen molar-refractivity contribution in [1.82, 2.24) is 9.80 Å². The van der Waals surface area contributed by atoms with Gasteiger partial charge in [0.2, 0.25) is 11.8 Å². The van der Waals surface area contributed by atoms with E-state index >= 15 is 0 Å². The number of piperidine rings is 1. The van der Waals surface area contributed by atoms with Crippen molar-refractivity contribution in [3.05, 3.63) is 0 Å². The molecule has 0 N–H and O–H groups in total. The number of carbonyl (C=O) groups excluding carboxylic acids is 2. The molecule has 2 amide bonds. The summed E-state index contributed by atoms with van der Waals surface area (Å²) in [5, 5.41) is 0. The molecule has 2 aliphatic heterocycles. The third-order valence-electron chi connectivity index (χ3n) is 4.23. The Hall–Kier alpha value is -1.06. The average molecular weight is 238 g/mol. The summed E-state index contributed by atoms with van der Waals surface area (Å²) in [7, 11) is 1.75. The number of likely N-dealkylation sites (N-methyl/N-ethyl adjacent to an activating group) is 1. The van der Waals surface area contributed by atoms with E-state index in [4.69, 9.17) is 0 Å². The van der Waals surface area contributed by atoms with Crippen LogP contribution < -0.4 is 0 Å². The predicted molar refractivity (Wildman–Crippen MR) is 65.4 cm³/mol. The zero-order valence-corrected chi connectivity index (χ0v) is 11.0. The first kappa shape index (κ1) is 12.4. The lowest BCUT2D eigenvalue weighted by Gasteiger charge is -2.41. The van der Waals surface area contributed by atoms with Crippen LogP contribution in [0.15, 0.2) is 0 Å². The first-order chi connectivity index (χ1) is 8.02. The normalized spacial score (nSPS) is 34.3. The van der Waals surface area contributed by atoms with Gasteiger partial charge in [0.1, 0.15) is 6.04 Å². The maximum Gasteiger partial charge on any atom is 0.245 e. The van der Waals surface area contributed by atoms with Crippen LogP contribution in [0.25, 0.3) is 0 Å². The molecule has 4 heteroatoms. The van der Waals surface area contributed by atoms with Crippen molar-refractivity contribution in [2.45, 2.75) is 64.1 Å². The molecule has 0 aromatic rings. The fourth-order valence-corrected chi connectivity index (χ4v) is 3.12. The highest BCUT2D eigenvalue weighted by Gasteiger charge is 2.39. The van der Waals surface area contributed by atoms with E-state index in [1.165, 1.54) is 6.42 Å². The van der Waals surface area contributed by atoms with Crippen molar-refractivity contribution < 1.29 is 9.59 Å². The Morgan fingerprint density at radius 3 is 2.24 bits per heavy atom. The maximum absolute atomic E-state index is 12.5. The van der Waals surface area contributed by atoms with Crippen LogP contribution >= 0.6 is 0 Å². The van der Waals surface area contributed by atoms with Crippen LogP contribution in [0.5, 0.6) is 0 Å². The van der Waals surface area contributed by atoms with E-state index in [0.717, 1.165) is 12.8 Å². The summed E-state index contributed by atoms with van der Waals surface area (Å²) in [6.07, 6.45) is 4.57. The molecule has 2 aliphatic rings. The molecule has 17 heavy (non-hydrogen) atoms. The average Bonchev–Trinajstić information content (AvgIpc) is 2.59. The van der Waals surface area contributed by atoms with Crippen LogP contribution in [0, 0.1) is 0 Å². The molecule has 2 rings (SSSR count). The van der Waals surface area contributed by atoms with Gasteiger partial charge in [-0.05, 0) is 39.5 Å². The summed E-state index contributed by atoms with van der Waals surface area (Å²) in [6.45, 7) is 4.23. The van der Waals surface area contributed by atoms with Gasteiger partial charge in [-0.1, -0.05) is 0 Å². The van der Waals surface area contributed by atoms with Gasteiger partial charge in [0.15, 0.2) is 0 Å². The number of carbonyl (C=O) groups is 2. The van der Waals surface area contributed by atoms with Crippen LogP contribution in [0.3, 0.4) is 0 Å². The lowest BCUT2D eigenvalue weighted by molar-refractivity contribution is -0.145. The molecule has 0 aromatic heterocycles. The van der Waals surface area contributed by atoms with Crippen molar-refractivity contribution >= 4 is 11.8 Å². The molecule has 3 unspecified atom stereocenters. The molecular formula is C13H22N2O2. The van der Waals surface area contributed by atoms with E-state index in [1.54, 1.807) is 11.9 Å². The molecule has 0 spiro atoms. The van der Waals surface area contributed by atoms with Gasteiger partial charge in [-0.2, -0.15) is 0 Å². The second-order valence-electron chi connectivity index (χ2n) is 5.43. The van der Waals surface area contributed by atoms with Gasteiger partial charge in [-0.15, -0.1) is 0 Å². The Morgan fingerprint density at radius 1 is 1.18 bits per heavy atom. The summed E-state index contributed by atoms with van der Waals surface area (Å²) in [5.74, 6) is 0.249. The lowest BCUT2D eigenvalue weighted by Crippen LogP contribution is -2.53. The monoisotopic (exact) mass is 238 g/mol. The molecule has 0 aliphatic carbocycles. The molecule has 2 saturated heterocycles. The van der Waals surface area contributed by atoms with Crippen molar-refractivity contribution in [2.75, 3.05) is 7.05 Å². The summed E-state index contributed by atoms with van der Waals surface area (Å²) in [6, 6.07) is 0.413. The van der Waals surface area contributed by atoms with Gasteiger partial charge < -0.3 is 9.80 Å². The van der Waals surface area contributed by atoms with Crippen LogP contribution in [0.2, 0.25) is 0 Å². The number of hydrogen-bond acceptors (Lipinski definition) is 2. The van der Waals surface area contributed by atoms with Crippen LogP contribution in [0.4, 0.5) is 0 Å². The van der Waals surface area contributed by atoms with Gasteiger partial charge in [0.05, 0.1) is 0 Å². The van der Waals surface area contributed by atoms with Gasteiger partial charge in [-0.25, -0.2) is 0 Å². The van der Waals surface area contributed by atoms with E-state index in [-0.39, 0.29) is 17.9 Å². The third-order valence-corrected chi connectivity index (χ3v) is 4.23. The largest absolute Gasteiger partial charge is 0.336 e. The van der Waals surface area contributed by atoms with Crippen molar-refractivity contribution in [1.29, 1.82) is 0 Å². The molecule has 96 valence electrons. The van der Waals surface area contributed by atoms with Gasteiger partial charge in [0.25, 0.3) is 0 Å². The minimum Gasteiger partial charge on any atom is -0.336 e. The zero-order chi connectivity index (χ0) is 12.6. The molecule has 0 saturated carbocycles. The molecule has 0 radical (unpaired) electrons. The molecule has 0 bridgehead atoms. The summed E-state index contributed by atoms with van der Waals surface area (Å²) in [4.78, 5) is 27.6. The molecule has 2 heterocycles. The first-order valence-electron chi connectivity index (χ1n) is 6.60. The van der Waals surface area contributed by atoms with E-state index in [9.17, 15) is 9.59 Å². The second-order valence-corrected chi connectivity index (χ2v) is 5.43. The standard InChI is InChI=1S/C13H22N2O2/c1-9-5-4-6-10(2)15(9)13(17)11-7-8-12(16)14(11)3/h9-11H,4-8H2,1-3H3. The van der Waals surface area contributed by atoms with E-state index < -0.39 is 0 Å². The van der Waals surface area contributed by atoms with Crippen LogP contribution in [-0.2, 0) is 9.59 Å². The number of hydrogen-bond donors (Lipinski definition) is 0. The minimum atomic E-state index is -0.217. The zero-order valence-electron chi connectivity index (χ0n) is 11.0. The Kier molecular flexibility index (Phi) is 3.40. The van der Waals surface area contributed by atoms with Gasteiger partial charge in [-0.3, -0.25) is 9.59 Å². The SMILES string of the molecule is CC1CCCC(C)N1C(=O)C1CCC(=O)N1C. The fourth-order valence-electron chi connectivity index (χ4n) is 3.12. The third kappa shape index (κ3) is 2.17. The number of nitrogens with zero attached hydrogens (tertiary/aromatic N) is 2. The number of rotatable bonds is 1. The van der Waals surface area contributed by atoms with E-state index in [2.05, 4.69) is 13.8 Å². The van der Waals surface area contributed by atoms with Crippen molar-refractivity contribution in [2.24, 2.45) is 0 Å². The van der Waals surface area contributed by atoms with Gasteiger partial charge in [0, 0.05) is 25.6 Å². The molecule has 2 fully saturated rings. The molecule has 3 atom stereocenters. The summed E-state index contributed by atoms with van der Waals surface area (Å²) < 4.78 is 0. The van der Waals surface area contributed by atoms with Gasteiger partial charge >= 0.3 is 0 Å². The van der Waals surface area contributed by atoms with Crippen molar-refractivity contribution in [3.8, 4) is 0 Å². The van der Waals surface area contributed by atoms with Crippen molar-refractivity contribution in [3.63, 3.8) is 0 Å². The van der Waals surface area contributed by atoms with E-state index in [0.29, 0.717) is 24.9 Å². The quantitative estimate of drug-likeness (QED) is 0.693. The van der Waals surface area contributed by atoms with E-state index in [1.807, 2.05) is 4.90 Å². The molecule has 4 nitrogen and oxygen atoms in total. The summed E-state index contributed by atoms with van der Waals surface area (Å²) >= 11 is 0. The number of amides is 2. The number of likely N-dealkylation sites (tertiary alicyclic amines) is 2. The van der Waals surface area contributed by atoms with Crippen LogP contribution in [-0.4, -0.2) is 46.8 Å². The Bertz CT molecular complexity index is 319. The molecule has 0 aromatic carbocycles. The lowest BCUT2D eigenvalue weighted by atomic mass is 9.96. The minimum absolute atomic E-state index is 0.0978. The Labute approximate surface area is 103 Å². The topological polar surface area (TPSA) is 40.6 Å². The predicted octanol–water partition coefficient (Wildman–Crippen LogP) is 1.40. The molecular weight excluding hydrogens is 216 g/mol. The highest BCUT2D eigenvalue weighted by molar-refractivity contribution is 5.91. The first-order valence-corrected chi connectivity index (χ1v) is 6.60. The highest BCUT2D eigenvalue weighted by Crippen LogP contribution is 2.27. The maximum atomic E-state index is 12.5. The fraction of sp³-hybridized carbons (Fsp3) is 0.846. The highest BCUT2D eigenvalue weighted by atomic mass is 16.2. The smallest absolute Gasteiger partial charge is 0.245 e.